The van der Waals surface area contributed by atoms with E-state index in [2.05, 4.69) is 27.7 Å². The summed E-state index contributed by atoms with van der Waals surface area (Å²) in [6.45, 7) is 1.90. The van der Waals surface area contributed by atoms with Gasteiger partial charge in [-0.15, -0.1) is 0 Å². The van der Waals surface area contributed by atoms with Crippen molar-refractivity contribution in [1.29, 1.82) is 0 Å². The van der Waals surface area contributed by atoms with E-state index < -0.39 is 10.1 Å². The van der Waals surface area contributed by atoms with Crippen molar-refractivity contribution in [2.75, 3.05) is 0 Å². The van der Waals surface area contributed by atoms with Crippen molar-refractivity contribution in [3.8, 4) is 0 Å². The molecular weight excluding hydrogens is 415 g/mol. The normalized spacial score (nSPS) is 11.9. The van der Waals surface area contributed by atoms with Crippen LogP contribution >= 0.6 is 22.6 Å². The van der Waals surface area contributed by atoms with Crippen LogP contribution in [0.2, 0.25) is 0 Å². The maximum atomic E-state index is 12.2. The van der Waals surface area contributed by atoms with Crippen molar-refractivity contribution < 1.29 is 12.6 Å². The SMILES string of the molecule is Cc1ccc(S(=O)(=O)OCc2ccn3ncc(I)c3c2)cc1. The van der Waals surface area contributed by atoms with Crippen LogP contribution in [0, 0.1) is 10.5 Å². The number of benzene rings is 1. The average molecular weight is 428 g/mol. The molecule has 22 heavy (non-hydrogen) atoms. The standard InChI is InChI=1S/C15H13IN2O3S/c1-11-2-4-13(5-3-11)22(19,20)21-10-12-6-7-18-15(8-12)14(16)9-17-18/h2-9H,10H2,1H3. The molecule has 3 aromatic rings. The van der Waals surface area contributed by atoms with Gasteiger partial charge in [0.15, 0.2) is 0 Å². The first kappa shape index (κ1) is 15.4. The number of hydrogen-bond acceptors (Lipinski definition) is 4. The molecule has 114 valence electrons. The molecule has 0 saturated carbocycles. The van der Waals surface area contributed by atoms with Crippen LogP contribution in [0.3, 0.4) is 0 Å². The largest absolute Gasteiger partial charge is 0.297 e. The van der Waals surface area contributed by atoms with Crippen LogP contribution in [0.25, 0.3) is 5.52 Å². The maximum Gasteiger partial charge on any atom is 0.297 e. The number of aromatic nitrogens is 2. The van der Waals surface area contributed by atoms with Crippen molar-refractivity contribution in [2.45, 2.75) is 18.4 Å². The quantitative estimate of drug-likeness (QED) is 0.473. The van der Waals surface area contributed by atoms with Crippen LogP contribution in [0.15, 0.2) is 53.7 Å². The van der Waals surface area contributed by atoms with E-state index in [1.165, 1.54) is 0 Å². The Bertz CT molecular complexity index is 918. The van der Waals surface area contributed by atoms with Crippen LogP contribution in [0.5, 0.6) is 0 Å². The van der Waals surface area contributed by atoms with Gasteiger partial charge in [0.2, 0.25) is 0 Å². The molecule has 1 aromatic carbocycles. The second kappa shape index (κ2) is 5.98. The van der Waals surface area contributed by atoms with E-state index in [9.17, 15) is 8.42 Å². The van der Waals surface area contributed by atoms with Crippen molar-refractivity contribution >= 4 is 38.2 Å². The minimum Gasteiger partial charge on any atom is -0.262 e. The lowest BCUT2D eigenvalue weighted by molar-refractivity contribution is 0.308. The fourth-order valence-electron chi connectivity index (χ4n) is 2.00. The fraction of sp³-hybridized carbons (Fsp3) is 0.133. The van der Waals surface area contributed by atoms with Gasteiger partial charge in [0.25, 0.3) is 10.1 Å². The summed E-state index contributed by atoms with van der Waals surface area (Å²) >= 11 is 2.18. The Morgan fingerprint density at radius 1 is 1.23 bits per heavy atom. The number of rotatable bonds is 4. The van der Waals surface area contributed by atoms with Crippen LogP contribution in [0.4, 0.5) is 0 Å². The Morgan fingerprint density at radius 2 is 1.95 bits per heavy atom. The summed E-state index contributed by atoms with van der Waals surface area (Å²) in [5, 5.41) is 4.17. The molecule has 2 aromatic heterocycles. The highest BCUT2D eigenvalue weighted by Gasteiger charge is 2.15. The summed E-state index contributed by atoms with van der Waals surface area (Å²) in [6, 6.07) is 10.3. The molecule has 0 fully saturated rings. The van der Waals surface area contributed by atoms with Gasteiger partial charge in [-0.05, 0) is 59.3 Å². The van der Waals surface area contributed by atoms with E-state index >= 15 is 0 Å². The molecule has 0 aliphatic carbocycles. The minimum absolute atomic E-state index is 0.00598. The van der Waals surface area contributed by atoms with Crippen molar-refractivity contribution in [2.24, 2.45) is 0 Å². The van der Waals surface area contributed by atoms with Gasteiger partial charge in [0.1, 0.15) is 0 Å². The molecule has 0 N–H and O–H groups in total. The van der Waals surface area contributed by atoms with Gasteiger partial charge >= 0.3 is 0 Å². The lowest BCUT2D eigenvalue weighted by Crippen LogP contribution is -2.06. The molecule has 7 heteroatoms. The van der Waals surface area contributed by atoms with Crippen LogP contribution in [0.1, 0.15) is 11.1 Å². The van der Waals surface area contributed by atoms with E-state index in [0.717, 1.165) is 20.2 Å². The highest BCUT2D eigenvalue weighted by atomic mass is 127. The lowest BCUT2D eigenvalue weighted by atomic mass is 10.2. The minimum atomic E-state index is -3.75. The maximum absolute atomic E-state index is 12.2. The van der Waals surface area contributed by atoms with Gasteiger partial charge in [-0.2, -0.15) is 13.5 Å². The summed E-state index contributed by atoms with van der Waals surface area (Å²) in [6.07, 6.45) is 3.54. The number of hydrogen-bond donors (Lipinski definition) is 0. The summed E-state index contributed by atoms with van der Waals surface area (Å²) in [4.78, 5) is 0.165. The molecule has 0 amide bonds. The molecule has 0 radical (unpaired) electrons. The van der Waals surface area contributed by atoms with E-state index in [1.807, 2.05) is 13.0 Å². The molecule has 0 unspecified atom stereocenters. The first-order chi connectivity index (χ1) is 10.5. The highest BCUT2D eigenvalue weighted by molar-refractivity contribution is 14.1. The third kappa shape index (κ3) is 3.16. The first-order valence-corrected chi connectivity index (χ1v) is 9.02. The van der Waals surface area contributed by atoms with Gasteiger partial charge in [0.05, 0.1) is 26.8 Å². The second-order valence-electron chi connectivity index (χ2n) is 4.89. The summed E-state index contributed by atoms with van der Waals surface area (Å²) < 4.78 is 32.2. The number of nitrogens with zero attached hydrogens (tertiary/aromatic N) is 2. The Balaban J connectivity index is 1.80. The number of fused-ring (bicyclic) bond motifs is 1. The van der Waals surface area contributed by atoms with Crippen molar-refractivity contribution in [3.05, 3.63) is 63.5 Å². The Labute approximate surface area is 142 Å². The van der Waals surface area contributed by atoms with E-state index in [0.29, 0.717) is 0 Å². The molecule has 0 spiro atoms. The summed E-state index contributed by atoms with van der Waals surface area (Å²) in [7, 11) is -3.75. The van der Waals surface area contributed by atoms with Gasteiger partial charge in [-0.1, -0.05) is 17.7 Å². The van der Waals surface area contributed by atoms with Crippen LogP contribution in [-0.4, -0.2) is 18.0 Å². The molecular formula is C15H13IN2O3S. The zero-order valence-corrected chi connectivity index (χ0v) is 14.7. The van der Waals surface area contributed by atoms with Gasteiger partial charge in [-0.3, -0.25) is 4.18 Å². The van der Waals surface area contributed by atoms with Gasteiger partial charge in [-0.25, -0.2) is 4.52 Å². The lowest BCUT2D eigenvalue weighted by Gasteiger charge is -2.06. The zero-order valence-electron chi connectivity index (χ0n) is 11.7. The number of aryl methyl sites for hydroxylation is 1. The predicted octanol–water partition coefficient (Wildman–Crippen LogP) is 3.15. The summed E-state index contributed by atoms with van der Waals surface area (Å²) in [5.74, 6) is 0. The molecule has 2 heterocycles. The topological polar surface area (TPSA) is 60.7 Å². The molecule has 0 atom stereocenters. The van der Waals surface area contributed by atoms with Crippen LogP contribution < -0.4 is 0 Å². The Morgan fingerprint density at radius 3 is 2.68 bits per heavy atom. The molecule has 0 aliphatic heterocycles. The highest BCUT2D eigenvalue weighted by Crippen LogP contribution is 2.18. The van der Waals surface area contributed by atoms with E-state index in [-0.39, 0.29) is 11.5 Å². The fourth-order valence-corrected chi connectivity index (χ4v) is 3.43. The second-order valence-corrected chi connectivity index (χ2v) is 7.66. The third-order valence-corrected chi connectivity index (χ3v) is 5.34. The summed E-state index contributed by atoms with van der Waals surface area (Å²) in [5.41, 5.74) is 2.70. The van der Waals surface area contributed by atoms with Crippen molar-refractivity contribution in [3.63, 3.8) is 0 Å². The Hall–Kier alpha value is -1.45. The predicted molar refractivity (Wildman–Crippen MR) is 91.1 cm³/mol. The monoisotopic (exact) mass is 428 g/mol. The van der Waals surface area contributed by atoms with Gasteiger partial charge in [0, 0.05) is 6.20 Å². The average Bonchev–Trinajstić information content (AvgIpc) is 2.87. The third-order valence-electron chi connectivity index (χ3n) is 3.23. The van der Waals surface area contributed by atoms with Gasteiger partial charge < -0.3 is 0 Å². The zero-order chi connectivity index (χ0) is 15.7. The smallest absolute Gasteiger partial charge is 0.262 e. The molecule has 5 nitrogen and oxygen atoms in total. The van der Waals surface area contributed by atoms with E-state index in [4.69, 9.17) is 4.18 Å². The Kier molecular flexibility index (Phi) is 4.20. The van der Waals surface area contributed by atoms with E-state index in [1.54, 1.807) is 47.2 Å². The molecule has 0 saturated heterocycles. The molecule has 0 bridgehead atoms. The first-order valence-electron chi connectivity index (χ1n) is 6.53. The molecule has 3 rings (SSSR count). The number of halogens is 1. The van der Waals surface area contributed by atoms with Crippen molar-refractivity contribution in [1.82, 2.24) is 9.61 Å². The van der Waals surface area contributed by atoms with Crippen LogP contribution in [-0.2, 0) is 20.9 Å². The molecule has 0 aliphatic rings. The number of pyridine rings is 1.